The van der Waals surface area contributed by atoms with Crippen molar-refractivity contribution in [1.82, 2.24) is 88.1 Å². The molecule has 3 aliphatic rings. The predicted molar refractivity (Wildman–Crippen MR) is 349 cm³/mol. The molecule has 0 aliphatic carbocycles. The molecule has 0 aromatic carbocycles. The summed E-state index contributed by atoms with van der Waals surface area (Å²) in [6.07, 6.45) is 15.5. The number of rotatable bonds is 16. The molecule has 476 valence electrons. The third kappa shape index (κ3) is 13.1. The van der Waals surface area contributed by atoms with Gasteiger partial charge in [0.25, 0.3) is 6.43 Å². The van der Waals surface area contributed by atoms with Crippen LogP contribution in [0.2, 0.25) is 0 Å². The molecule has 15 heterocycles. The van der Waals surface area contributed by atoms with Gasteiger partial charge in [0.05, 0.1) is 35.5 Å². The van der Waals surface area contributed by atoms with Crippen LogP contribution in [0.15, 0.2) is 104 Å². The number of anilines is 3. The number of carbonyl (C=O) groups excluding carboxylic acids is 3. The zero-order chi connectivity index (χ0) is 64.6. The van der Waals surface area contributed by atoms with Crippen molar-refractivity contribution in [2.24, 2.45) is 21.1 Å². The lowest BCUT2D eigenvalue weighted by Gasteiger charge is -2.10. The van der Waals surface area contributed by atoms with Gasteiger partial charge in [0.2, 0.25) is 17.8 Å². The molecule has 0 unspecified atom stereocenters. The molecule has 0 atom stereocenters. The van der Waals surface area contributed by atoms with Crippen LogP contribution < -0.4 is 14.7 Å². The molecule has 0 bridgehead atoms. The van der Waals surface area contributed by atoms with Gasteiger partial charge in [-0.05, 0) is 149 Å². The summed E-state index contributed by atoms with van der Waals surface area (Å²) < 4.78 is 36.3. The summed E-state index contributed by atoms with van der Waals surface area (Å²) in [5, 5.41) is 26.9. The van der Waals surface area contributed by atoms with Gasteiger partial charge in [-0.2, -0.15) is 30.2 Å². The molecule has 0 amide bonds. The molecule has 3 saturated heterocycles. The summed E-state index contributed by atoms with van der Waals surface area (Å²) in [5.41, 5.74) is 12.5. The molecule has 0 radical (unpaired) electrons. The van der Waals surface area contributed by atoms with E-state index in [1.165, 1.54) is 36.6 Å². The number of fused-ring (bicyclic) bond motifs is 3. The number of aryl methyl sites for hydroxylation is 7. The lowest BCUT2D eigenvalue weighted by molar-refractivity contribution is 0.0976. The highest BCUT2D eigenvalue weighted by Crippen LogP contribution is 2.35. The van der Waals surface area contributed by atoms with Gasteiger partial charge < -0.3 is 14.7 Å². The number of hydrogen-bond donors (Lipinski definition) is 0. The number of alkyl halides is 2. The Morgan fingerprint density at radius 2 is 0.871 bits per heavy atom. The van der Waals surface area contributed by atoms with Crippen molar-refractivity contribution >= 4 is 63.5 Å². The molecule has 27 heteroatoms. The van der Waals surface area contributed by atoms with Crippen LogP contribution in [0.4, 0.5) is 26.6 Å². The fourth-order valence-corrected chi connectivity index (χ4v) is 13.2. The lowest BCUT2D eigenvalue weighted by Crippen LogP contribution is -2.19. The highest BCUT2D eigenvalue weighted by molar-refractivity contribution is 7.15. The smallest absolute Gasteiger partial charge is 0.281 e. The normalized spacial score (nSPS) is 14.1. The number of thiazole rings is 1. The maximum atomic E-state index is 13.3. The average molecular weight is 1270 g/mol. The number of aromatic nitrogens is 18. The van der Waals surface area contributed by atoms with Crippen LogP contribution in [0.3, 0.4) is 0 Å². The minimum Gasteiger partial charge on any atom is -0.340 e. The first-order valence-electron chi connectivity index (χ1n) is 31.1. The van der Waals surface area contributed by atoms with E-state index < -0.39 is 6.43 Å². The van der Waals surface area contributed by atoms with Crippen molar-refractivity contribution in [2.75, 3.05) is 54.0 Å². The van der Waals surface area contributed by atoms with E-state index in [0.717, 1.165) is 143 Å². The van der Waals surface area contributed by atoms with Crippen molar-refractivity contribution in [3.63, 3.8) is 0 Å². The highest BCUT2D eigenvalue weighted by atomic mass is 32.1. The van der Waals surface area contributed by atoms with Crippen molar-refractivity contribution in [3.05, 3.63) is 165 Å². The van der Waals surface area contributed by atoms with Gasteiger partial charge in [0, 0.05) is 126 Å². The SMILES string of the molecule is Cc1cc(C)nc(-c2cnn(C)c2C(=O)Cc2ccn3nc(N4CCCC4)nc3c2)c1.Cc1cccc(-c2cnn(C)c2C(=O)Cc2ccn3nc(N4CCCC4)nc3c2)n1.Cc1sc(-c2cnn(C)c2C(=O)Cc2ccn3nc(N4CCCC4)nc3c2)nc1C(F)F. The van der Waals surface area contributed by atoms with Crippen LogP contribution in [0.1, 0.15) is 121 Å². The van der Waals surface area contributed by atoms with Crippen molar-refractivity contribution in [2.45, 2.75) is 91.9 Å². The Morgan fingerprint density at radius 1 is 0.473 bits per heavy atom. The van der Waals surface area contributed by atoms with Gasteiger partial charge in [-0.25, -0.2) is 27.3 Å². The molecule has 12 aromatic heterocycles. The van der Waals surface area contributed by atoms with E-state index in [4.69, 9.17) is 0 Å². The van der Waals surface area contributed by atoms with Gasteiger partial charge in [-0.15, -0.1) is 26.6 Å². The molecular formula is C66H69F2N21O3S. The maximum absolute atomic E-state index is 13.3. The van der Waals surface area contributed by atoms with E-state index in [2.05, 4.69) is 75.2 Å². The van der Waals surface area contributed by atoms with E-state index in [0.29, 0.717) is 44.1 Å². The average Bonchev–Trinajstić information content (AvgIpc) is 2.30. The fourth-order valence-electron chi connectivity index (χ4n) is 12.3. The quantitative estimate of drug-likeness (QED) is 0.0817. The first-order chi connectivity index (χ1) is 45.0. The van der Waals surface area contributed by atoms with Gasteiger partial charge >= 0.3 is 0 Å². The van der Waals surface area contributed by atoms with E-state index in [1.54, 1.807) is 69.6 Å². The summed E-state index contributed by atoms with van der Waals surface area (Å²) >= 11 is 1.14. The van der Waals surface area contributed by atoms with Crippen LogP contribution >= 0.6 is 11.3 Å². The van der Waals surface area contributed by atoms with Crippen molar-refractivity contribution in [3.8, 4) is 33.1 Å². The monoisotopic (exact) mass is 1270 g/mol. The Kier molecular flexibility index (Phi) is 17.3. The van der Waals surface area contributed by atoms with Crippen LogP contribution in [0, 0.1) is 27.7 Å². The molecule has 93 heavy (non-hydrogen) atoms. The molecule has 15 rings (SSSR count). The molecule has 24 nitrogen and oxygen atoms in total. The molecule has 0 N–H and O–H groups in total. The molecular weight excluding hydrogens is 1200 g/mol. The Bertz CT molecular complexity index is 4740. The number of nitrogens with zero attached hydrogens (tertiary/aromatic N) is 21. The van der Waals surface area contributed by atoms with E-state index in [9.17, 15) is 23.2 Å². The van der Waals surface area contributed by atoms with Gasteiger partial charge in [0.15, 0.2) is 34.3 Å². The Hall–Kier alpha value is -10.3. The van der Waals surface area contributed by atoms with Crippen LogP contribution in [-0.4, -0.2) is 145 Å². The largest absolute Gasteiger partial charge is 0.340 e. The number of carbonyl (C=O) groups is 3. The van der Waals surface area contributed by atoms with Crippen LogP contribution in [0.25, 0.3) is 50.0 Å². The summed E-state index contributed by atoms with van der Waals surface area (Å²) in [6, 6.07) is 21.2. The minimum absolute atomic E-state index is 0.000379. The van der Waals surface area contributed by atoms with Gasteiger partial charge in [-0.3, -0.25) is 38.4 Å². The first kappa shape index (κ1) is 61.5. The van der Waals surface area contributed by atoms with Crippen molar-refractivity contribution in [1.29, 1.82) is 0 Å². The summed E-state index contributed by atoms with van der Waals surface area (Å²) in [7, 11) is 5.25. The summed E-state index contributed by atoms with van der Waals surface area (Å²) in [6.45, 7) is 13.4. The number of halogens is 2. The van der Waals surface area contributed by atoms with E-state index >= 15 is 0 Å². The van der Waals surface area contributed by atoms with Gasteiger partial charge in [0.1, 0.15) is 27.8 Å². The highest BCUT2D eigenvalue weighted by Gasteiger charge is 2.27. The van der Waals surface area contributed by atoms with Gasteiger partial charge in [-0.1, -0.05) is 6.07 Å². The topological polar surface area (TPSA) is 244 Å². The standard InChI is InChI=1S/C23H25N7O.C22H23N7O.C21H21F2N7OS/c1-15-10-16(2)25-19(11-15)18-14-24-28(3)22(18)20(31)12-17-6-9-30-21(13-17)26-23(27-30)29-7-4-5-8-29;1-15-6-5-7-18(24-15)17-14-23-27(2)21(17)19(30)12-16-8-11-29-20(13-16)25-22(26-29)28-9-3-4-10-28;1-12-17(19(22)23)26-20(32-12)14-11-24-28(2)18(14)15(31)9-13-5-8-30-16(10-13)25-21(27-30)29-6-3-4-7-29/h6,9-11,13-14H,4-5,7-8,12H2,1-3H3;5-8,11,13-14H,3-4,9-10,12H2,1-2H3;5,8,10-11,19H,3-4,6-7,9H2,1-2H3. The zero-order valence-corrected chi connectivity index (χ0v) is 53.6. The van der Waals surface area contributed by atoms with E-state index in [1.807, 2.05) is 99.9 Å². The molecule has 0 saturated carbocycles. The Labute approximate surface area is 537 Å². The number of Topliss-reactive ketones (excluding diaryl/α,β-unsaturated/α-hetero) is 3. The van der Waals surface area contributed by atoms with E-state index in [-0.39, 0.29) is 42.3 Å². The van der Waals surface area contributed by atoms with Crippen LogP contribution in [-0.2, 0) is 40.4 Å². The second-order valence-electron chi connectivity index (χ2n) is 23.8. The molecule has 0 spiro atoms. The molecule has 3 fully saturated rings. The second-order valence-corrected chi connectivity index (χ2v) is 25.0. The fraction of sp³-hybridized carbons (Fsp3) is 0.348. The van der Waals surface area contributed by atoms with Crippen molar-refractivity contribution < 1.29 is 23.2 Å². The first-order valence-corrected chi connectivity index (χ1v) is 31.9. The second kappa shape index (κ2) is 26.1. The summed E-state index contributed by atoms with van der Waals surface area (Å²) in [4.78, 5) is 73.8. The lowest BCUT2D eigenvalue weighted by atomic mass is 10.0. The Balaban J connectivity index is 0.000000127. The summed E-state index contributed by atoms with van der Waals surface area (Å²) in [5.74, 6) is 2.05. The number of ketones is 3. The maximum Gasteiger partial charge on any atom is 0.281 e. The molecule has 3 aliphatic heterocycles. The molecule has 12 aromatic rings. The Morgan fingerprint density at radius 3 is 1.27 bits per heavy atom. The van der Waals surface area contributed by atoms with Crippen LogP contribution in [0.5, 0.6) is 0 Å². The third-order valence-electron chi connectivity index (χ3n) is 16.8. The number of pyridine rings is 5. The number of hydrogen-bond acceptors (Lipinski definition) is 19. The third-order valence-corrected chi connectivity index (χ3v) is 17.9. The predicted octanol–water partition coefficient (Wildman–Crippen LogP) is 9.88. The minimum atomic E-state index is -2.66. The zero-order valence-electron chi connectivity index (χ0n) is 52.8.